The molecule has 11 heavy (non-hydrogen) atoms. The van der Waals surface area contributed by atoms with Crippen LogP contribution < -0.4 is 0 Å². The fraction of sp³-hybridized carbons (Fsp3) is 0.889. The molecule has 0 aliphatic carbocycles. The Morgan fingerprint density at radius 2 is 1.82 bits per heavy atom. The molecule has 0 unspecified atom stereocenters. The maximum Gasteiger partial charge on any atom is 0.306 e. The van der Waals surface area contributed by atoms with Gasteiger partial charge in [0.1, 0.15) is 0 Å². The van der Waals surface area contributed by atoms with Gasteiger partial charge >= 0.3 is 5.97 Å². The number of carbonyl (C=O) groups is 1. The summed E-state index contributed by atoms with van der Waals surface area (Å²) in [5.41, 5.74) is 0.132. The van der Waals surface area contributed by atoms with E-state index < -0.39 is 0 Å². The first-order chi connectivity index (χ1) is 5.08. The fourth-order valence-corrected chi connectivity index (χ4v) is 0.921. The number of hydrogen-bond acceptors (Lipinski definition) is 2. The Balaban J connectivity index is 3.96. The SMILES string of the molecule is CCC(C)(CC)CC(=O)OC. The van der Waals surface area contributed by atoms with Crippen LogP contribution in [0.4, 0.5) is 0 Å². The molecular formula is C9H18O2. The molecule has 0 N–H and O–H groups in total. The molecule has 0 saturated heterocycles. The van der Waals surface area contributed by atoms with Crippen molar-refractivity contribution in [2.45, 2.75) is 40.0 Å². The Bertz CT molecular complexity index is 126. The summed E-state index contributed by atoms with van der Waals surface area (Å²) >= 11 is 0. The quantitative estimate of drug-likeness (QED) is 0.587. The summed E-state index contributed by atoms with van der Waals surface area (Å²) in [7, 11) is 1.44. The van der Waals surface area contributed by atoms with E-state index in [2.05, 4.69) is 25.5 Å². The van der Waals surface area contributed by atoms with Crippen LogP contribution in [0.15, 0.2) is 0 Å². The molecule has 0 aromatic rings. The van der Waals surface area contributed by atoms with Crippen LogP contribution in [0.1, 0.15) is 40.0 Å². The van der Waals surface area contributed by atoms with Gasteiger partial charge in [-0.1, -0.05) is 33.6 Å². The van der Waals surface area contributed by atoms with Gasteiger partial charge in [-0.15, -0.1) is 0 Å². The minimum Gasteiger partial charge on any atom is -0.469 e. The molecule has 0 aliphatic rings. The van der Waals surface area contributed by atoms with Gasteiger partial charge in [0.25, 0.3) is 0 Å². The zero-order valence-electron chi connectivity index (χ0n) is 7.94. The highest BCUT2D eigenvalue weighted by Gasteiger charge is 2.23. The average Bonchev–Trinajstić information content (AvgIpc) is 2.04. The first-order valence-corrected chi connectivity index (χ1v) is 4.14. The normalized spacial score (nSPS) is 11.3. The number of esters is 1. The van der Waals surface area contributed by atoms with Crippen molar-refractivity contribution in [2.75, 3.05) is 7.11 Å². The van der Waals surface area contributed by atoms with Gasteiger partial charge in [-0.05, 0) is 5.41 Å². The van der Waals surface area contributed by atoms with Crippen molar-refractivity contribution in [3.8, 4) is 0 Å². The number of ether oxygens (including phenoxy) is 1. The highest BCUT2D eigenvalue weighted by atomic mass is 16.5. The molecule has 0 amide bonds. The third-order valence-electron chi connectivity index (χ3n) is 2.51. The third kappa shape index (κ3) is 3.40. The molecule has 2 heteroatoms. The average molecular weight is 158 g/mol. The molecule has 0 aromatic heterocycles. The van der Waals surface area contributed by atoms with Gasteiger partial charge in [-0.25, -0.2) is 0 Å². The van der Waals surface area contributed by atoms with Crippen LogP contribution in [0.3, 0.4) is 0 Å². The number of carbonyl (C=O) groups excluding carboxylic acids is 1. The lowest BCUT2D eigenvalue weighted by molar-refractivity contribution is -0.143. The van der Waals surface area contributed by atoms with E-state index in [9.17, 15) is 4.79 Å². The van der Waals surface area contributed by atoms with Crippen molar-refractivity contribution < 1.29 is 9.53 Å². The summed E-state index contributed by atoms with van der Waals surface area (Å²) in [6.45, 7) is 6.32. The molecule has 66 valence electrons. The van der Waals surface area contributed by atoms with Crippen molar-refractivity contribution in [1.29, 1.82) is 0 Å². The zero-order valence-corrected chi connectivity index (χ0v) is 7.94. The Morgan fingerprint density at radius 1 is 1.36 bits per heavy atom. The molecule has 0 saturated carbocycles. The minimum absolute atomic E-state index is 0.101. The minimum atomic E-state index is -0.101. The second kappa shape index (κ2) is 4.37. The molecule has 0 rings (SSSR count). The largest absolute Gasteiger partial charge is 0.469 e. The van der Waals surface area contributed by atoms with E-state index in [1.54, 1.807) is 0 Å². The second-order valence-electron chi connectivity index (χ2n) is 3.27. The molecule has 0 bridgehead atoms. The Labute approximate surface area is 68.9 Å². The lowest BCUT2D eigenvalue weighted by atomic mass is 9.81. The van der Waals surface area contributed by atoms with Crippen LogP contribution in [-0.4, -0.2) is 13.1 Å². The second-order valence-corrected chi connectivity index (χ2v) is 3.27. The van der Waals surface area contributed by atoms with Crippen LogP contribution in [0, 0.1) is 5.41 Å². The number of rotatable bonds is 4. The lowest BCUT2D eigenvalue weighted by Crippen LogP contribution is -2.19. The molecule has 0 spiro atoms. The van der Waals surface area contributed by atoms with Gasteiger partial charge in [0.05, 0.1) is 13.5 Å². The van der Waals surface area contributed by atoms with Crippen LogP contribution in [-0.2, 0) is 9.53 Å². The highest BCUT2D eigenvalue weighted by Crippen LogP contribution is 2.29. The molecule has 2 nitrogen and oxygen atoms in total. The fourth-order valence-electron chi connectivity index (χ4n) is 0.921. The predicted molar refractivity (Wildman–Crippen MR) is 45.3 cm³/mol. The van der Waals surface area contributed by atoms with Gasteiger partial charge in [-0.3, -0.25) is 4.79 Å². The van der Waals surface area contributed by atoms with Crippen LogP contribution >= 0.6 is 0 Å². The predicted octanol–water partition coefficient (Wildman–Crippen LogP) is 2.38. The number of methoxy groups -OCH3 is 1. The standard InChI is InChI=1S/C9H18O2/c1-5-9(3,6-2)7-8(10)11-4/h5-7H2,1-4H3. The molecule has 0 heterocycles. The summed E-state index contributed by atoms with van der Waals surface area (Å²) in [4.78, 5) is 10.9. The summed E-state index contributed by atoms with van der Waals surface area (Å²) < 4.78 is 4.61. The van der Waals surface area contributed by atoms with Crippen LogP contribution in [0.5, 0.6) is 0 Å². The smallest absolute Gasteiger partial charge is 0.306 e. The first kappa shape index (κ1) is 10.5. The molecule has 0 aliphatic heterocycles. The summed E-state index contributed by atoms with van der Waals surface area (Å²) in [5, 5.41) is 0. The molecule has 0 atom stereocenters. The van der Waals surface area contributed by atoms with E-state index in [0.29, 0.717) is 6.42 Å². The van der Waals surface area contributed by atoms with Gasteiger partial charge < -0.3 is 4.74 Å². The molecular weight excluding hydrogens is 140 g/mol. The topological polar surface area (TPSA) is 26.3 Å². The van der Waals surface area contributed by atoms with Gasteiger partial charge in [0.2, 0.25) is 0 Å². The van der Waals surface area contributed by atoms with E-state index in [-0.39, 0.29) is 11.4 Å². The zero-order chi connectivity index (χ0) is 8.91. The summed E-state index contributed by atoms with van der Waals surface area (Å²) in [5.74, 6) is -0.101. The van der Waals surface area contributed by atoms with Gasteiger partial charge in [0.15, 0.2) is 0 Å². The van der Waals surface area contributed by atoms with Gasteiger partial charge in [-0.2, -0.15) is 0 Å². The van der Waals surface area contributed by atoms with Crippen molar-refractivity contribution in [2.24, 2.45) is 5.41 Å². The third-order valence-corrected chi connectivity index (χ3v) is 2.51. The highest BCUT2D eigenvalue weighted by molar-refractivity contribution is 5.69. The maximum absolute atomic E-state index is 10.9. The van der Waals surface area contributed by atoms with Crippen molar-refractivity contribution in [3.05, 3.63) is 0 Å². The Hall–Kier alpha value is -0.530. The molecule has 0 fully saturated rings. The van der Waals surface area contributed by atoms with Gasteiger partial charge in [0, 0.05) is 0 Å². The van der Waals surface area contributed by atoms with Crippen LogP contribution in [0.25, 0.3) is 0 Å². The maximum atomic E-state index is 10.9. The number of hydrogen-bond donors (Lipinski definition) is 0. The van der Waals surface area contributed by atoms with E-state index >= 15 is 0 Å². The van der Waals surface area contributed by atoms with E-state index in [4.69, 9.17) is 0 Å². The van der Waals surface area contributed by atoms with Crippen molar-refractivity contribution >= 4 is 5.97 Å². The lowest BCUT2D eigenvalue weighted by Gasteiger charge is -2.24. The molecule has 0 aromatic carbocycles. The van der Waals surface area contributed by atoms with E-state index in [1.165, 1.54) is 7.11 Å². The van der Waals surface area contributed by atoms with E-state index in [0.717, 1.165) is 12.8 Å². The van der Waals surface area contributed by atoms with Crippen molar-refractivity contribution in [3.63, 3.8) is 0 Å². The Morgan fingerprint density at radius 3 is 2.09 bits per heavy atom. The van der Waals surface area contributed by atoms with Crippen molar-refractivity contribution in [1.82, 2.24) is 0 Å². The monoisotopic (exact) mass is 158 g/mol. The first-order valence-electron chi connectivity index (χ1n) is 4.14. The molecule has 0 radical (unpaired) electrons. The van der Waals surface area contributed by atoms with E-state index in [1.807, 2.05) is 0 Å². The summed E-state index contributed by atoms with van der Waals surface area (Å²) in [6.07, 6.45) is 2.59. The Kier molecular flexibility index (Phi) is 4.16. The van der Waals surface area contributed by atoms with Crippen LogP contribution in [0.2, 0.25) is 0 Å². The summed E-state index contributed by atoms with van der Waals surface area (Å²) in [6, 6.07) is 0.